The zero-order valence-corrected chi connectivity index (χ0v) is 18.9. The number of piperidine rings is 1. The van der Waals surface area contributed by atoms with Crippen molar-refractivity contribution in [3.8, 4) is 11.5 Å². The lowest BCUT2D eigenvalue weighted by atomic mass is 9.48. The summed E-state index contributed by atoms with van der Waals surface area (Å²) in [5.74, 6) is 0.198. The zero-order valence-electron chi connectivity index (χ0n) is 18.9. The third kappa shape index (κ3) is 2.66. The first-order valence-electron chi connectivity index (χ1n) is 11.5. The van der Waals surface area contributed by atoms with Crippen LogP contribution in [0.25, 0.3) is 0 Å². The molecule has 1 saturated heterocycles. The monoisotopic (exact) mass is 430 g/mol. The van der Waals surface area contributed by atoms with Gasteiger partial charge in [-0.25, -0.2) is 0 Å². The molecule has 0 amide bonds. The number of carboxylic acids is 1. The number of aliphatic carboxylic acids is 1. The number of benzene rings is 1. The van der Waals surface area contributed by atoms with Crippen molar-refractivity contribution in [3.63, 3.8) is 0 Å². The molecule has 7 heteroatoms. The van der Waals surface area contributed by atoms with E-state index in [9.17, 15) is 15.0 Å². The highest BCUT2D eigenvalue weighted by Crippen LogP contribution is 2.66. The number of aromatic hydroxyl groups is 1. The number of nitrogens with one attached hydrogen (secondary N) is 1. The van der Waals surface area contributed by atoms with E-state index in [0.29, 0.717) is 12.2 Å². The molecule has 0 radical (unpaired) electrons. The lowest BCUT2D eigenvalue weighted by Gasteiger charge is -2.65. The van der Waals surface area contributed by atoms with Crippen LogP contribution in [0, 0.1) is 5.92 Å². The molecule has 2 aliphatic heterocycles. The quantitative estimate of drug-likeness (QED) is 0.638. The standard InChI is InChI=1S/C24H34N2O5/c1-13(2)11-16(22(28)29)25-15-7-8-24(30-4)18-12-14-5-6-17(27)20-19(14)23(24,21(15)31-20)9-10-26(18)3/h5-6,13,15-16,18,21,25,27H,7-12H2,1-4H3,(H,28,29)/t15-,16?,18?,21+,23+,24-/m1/s1. The smallest absolute Gasteiger partial charge is 0.320 e. The molecule has 2 bridgehead atoms. The van der Waals surface area contributed by atoms with Crippen LogP contribution in [0.5, 0.6) is 11.5 Å². The van der Waals surface area contributed by atoms with Gasteiger partial charge in [0.1, 0.15) is 12.1 Å². The fraction of sp³-hybridized carbons (Fsp3) is 0.708. The first-order valence-corrected chi connectivity index (χ1v) is 11.5. The summed E-state index contributed by atoms with van der Waals surface area (Å²) in [7, 11) is 3.98. The molecule has 4 aliphatic rings. The molecule has 1 aromatic carbocycles. The molecule has 2 unspecified atom stereocenters. The molecule has 2 fully saturated rings. The minimum absolute atomic E-state index is 0.120. The van der Waals surface area contributed by atoms with Crippen LogP contribution in [0.4, 0.5) is 0 Å². The van der Waals surface area contributed by atoms with Gasteiger partial charge in [-0.2, -0.15) is 0 Å². The largest absolute Gasteiger partial charge is 0.504 e. The van der Waals surface area contributed by atoms with Crippen LogP contribution in [0.3, 0.4) is 0 Å². The number of likely N-dealkylation sites (tertiary alicyclic amines) is 1. The first-order chi connectivity index (χ1) is 14.7. The summed E-state index contributed by atoms with van der Waals surface area (Å²) in [5.41, 5.74) is 1.52. The third-order valence-corrected chi connectivity index (χ3v) is 8.47. The van der Waals surface area contributed by atoms with Crippen molar-refractivity contribution < 1.29 is 24.5 Å². The molecule has 1 aromatic rings. The maximum atomic E-state index is 12.0. The number of carbonyl (C=O) groups is 1. The van der Waals surface area contributed by atoms with Gasteiger partial charge in [0, 0.05) is 24.8 Å². The minimum atomic E-state index is -0.821. The highest BCUT2D eigenvalue weighted by atomic mass is 16.5. The maximum absolute atomic E-state index is 12.0. The number of carboxylic acid groups (broad SMARTS) is 1. The van der Waals surface area contributed by atoms with Gasteiger partial charge in [0.2, 0.25) is 0 Å². The Balaban J connectivity index is 1.62. The molecular weight excluding hydrogens is 396 g/mol. The van der Waals surface area contributed by atoms with E-state index in [0.717, 1.165) is 37.8 Å². The van der Waals surface area contributed by atoms with Crippen molar-refractivity contribution in [1.82, 2.24) is 10.2 Å². The molecule has 31 heavy (non-hydrogen) atoms. The Labute approximate surface area is 183 Å². The van der Waals surface area contributed by atoms with Gasteiger partial charge in [0.15, 0.2) is 11.5 Å². The maximum Gasteiger partial charge on any atom is 0.320 e. The first kappa shape index (κ1) is 21.0. The Bertz CT molecular complexity index is 904. The van der Waals surface area contributed by atoms with Gasteiger partial charge in [-0.3, -0.25) is 10.1 Å². The van der Waals surface area contributed by atoms with E-state index in [1.165, 1.54) is 5.56 Å². The van der Waals surface area contributed by atoms with E-state index >= 15 is 0 Å². The summed E-state index contributed by atoms with van der Waals surface area (Å²) in [4.78, 5) is 14.4. The summed E-state index contributed by atoms with van der Waals surface area (Å²) in [5, 5.41) is 24.0. The predicted octanol–water partition coefficient (Wildman–Crippen LogP) is 2.29. The van der Waals surface area contributed by atoms with E-state index in [-0.39, 0.29) is 29.9 Å². The van der Waals surface area contributed by atoms with Gasteiger partial charge in [-0.15, -0.1) is 0 Å². The van der Waals surface area contributed by atoms with E-state index in [1.54, 1.807) is 6.07 Å². The van der Waals surface area contributed by atoms with Crippen LogP contribution < -0.4 is 10.1 Å². The number of hydrogen-bond acceptors (Lipinski definition) is 6. The zero-order chi connectivity index (χ0) is 22.1. The van der Waals surface area contributed by atoms with Gasteiger partial charge in [-0.1, -0.05) is 19.9 Å². The Morgan fingerprint density at radius 1 is 1.39 bits per heavy atom. The number of nitrogens with zero attached hydrogens (tertiary/aromatic N) is 1. The Morgan fingerprint density at radius 3 is 2.84 bits per heavy atom. The minimum Gasteiger partial charge on any atom is -0.504 e. The lowest BCUT2D eigenvalue weighted by molar-refractivity contribution is -0.204. The Kier molecular flexibility index (Phi) is 4.81. The van der Waals surface area contributed by atoms with Crippen molar-refractivity contribution in [2.45, 2.75) is 81.2 Å². The summed E-state index contributed by atoms with van der Waals surface area (Å²) in [6.45, 7) is 5.01. The summed E-state index contributed by atoms with van der Waals surface area (Å²) in [6, 6.07) is 3.25. The normalized spacial score (nSPS) is 36.7. The Morgan fingerprint density at radius 2 is 2.16 bits per heavy atom. The number of ether oxygens (including phenoxy) is 2. The number of phenolic OH excluding ortho intramolecular Hbond substituents is 1. The predicted molar refractivity (Wildman–Crippen MR) is 116 cm³/mol. The molecule has 3 N–H and O–H groups in total. The number of likely N-dealkylation sites (N-methyl/N-ethyl adjacent to an activating group) is 1. The van der Waals surface area contributed by atoms with E-state index in [4.69, 9.17) is 9.47 Å². The lowest BCUT2D eigenvalue weighted by Crippen LogP contribution is -2.78. The second-order valence-corrected chi connectivity index (χ2v) is 10.3. The number of rotatable bonds is 6. The Hall–Kier alpha value is -1.83. The molecule has 1 saturated carbocycles. The van der Waals surface area contributed by atoms with Crippen LogP contribution in [0.15, 0.2) is 12.1 Å². The average Bonchev–Trinajstić information content (AvgIpc) is 3.08. The molecule has 6 atom stereocenters. The fourth-order valence-corrected chi connectivity index (χ4v) is 7.28. The second-order valence-electron chi connectivity index (χ2n) is 10.3. The van der Waals surface area contributed by atoms with Crippen LogP contribution in [-0.2, 0) is 21.4 Å². The SMILES string of the molecule is CO[C@@]12CC[C@@H](NC(CC(C)C)C(=O)O)[C@@H]3Oc4c(O)ccc5c4[C@@]31CCN(C)C2C5. The summed E-state index contributed by atoms with van der Waals surface area (Å²) >= 11 is 0. The van der Waals surface area contributed by atoms with Crippen LogP contribution in [-0.4, -0.2) is 71.6 Å². The van der Waals surface area contributed by atoms with Crippen molar-refractivity contribution in [2.75, 3.05) is 20.7 Å². The highest BCUT2D eigenvalue weighted by Gasteiger charge is 2.73. The fourth-order valence-electron chi connectivity index (χ4n) is 7.28. The number of hydrogen-bond donors (Lipinski definition) is 3. The molecular formula is C24H34N2O5. The van der Waals surface area contributed by atoms with Crippen LogP contribution in [0.1, 0.15) is 50.7 Å². The van der Waals surface area contributed by atoms with Gasteiger partial charge in [0.25, 0.3) is 0 Å². The summed E-state index contributed by atoms with van der Waals surface area (Å²) < 4.78 is 13.0. The van der Waals surface area contributed by atoms with Crippen molar-refractivity contribution >= 4 is 5.97 Å². The van der Waals surface area contributed by atoms with Gasteiger partial charge in [-0.05, 0) is 63.2 Å². The van der Waals surface area contributed by atoms with Crippen molar-refractivity contribution in [2.24, 2.45) is 5.92 Å². The molecule has 1 spiro atoms. The van der Waals surface area contributed by atoms with Gasteiger partial charge >= 0.3 is 5.97 Å². The highest BCUT2D eigenvalue weighted by molar-refractivity contribution is 5.73. The van der Waals surface area contributed by atoms with Crippen LogP contribution >= 0.6 is 0 Å². The second kappa shape index (κ2) is 7.09. The number of phenols is 1. The topological polar surface area (TPSA) is 91.3 Å². The molecule has 2 aliphatic carbocycles. The van der Waals surface area contributed by atoms with E-state index in [2.05, 4.69) is 17.3 Å². The van der Waals surface area contributed by atoms with Gasteiger partial charge < -0.3 is 24.6 Å². The molecule has 7 nitrogen and oxygen atoms in total. The molecule has 0 aromatic heterocycles. The van der Waals surface area contributed by atoms with Crippen LogP contribution in [0.2, 0.25) is 0 Å². The van der Waals surface area contributed by atoms with E-state index in [1.807, 2.05) is 27.0 Å². The summed E-state index contributed by atoms with van der Waals surface area (Å²) in [6.07, 6.45) is 3.63. The average molecular weight is 431 g/mol. The van der Waals surface area contributed by atoms with Gasteiger partial charge in [0.05, 0.1) is 11.0 Å². The molecule has 2 heterocycles. The van der Waals surface area contributed by atoms with Crippen molar-refractivity contribution in [3.05, 3.63) is 23.3 Å². The van der Waals surface area contributed by atoms with Crippen molar-refractivity contribution in [1.29, 1.82) is 0 Å². The molecule has 5 rings (SSSR count). The number of methoxy groups -OCH3 is 1. The van der Waals surface area contributed by atoms with E-state index < -0.39 is 23.0 Å². The molecule has 170 valence electrons. The third-order valence-electron chi connectivity index (χ3n) is 8.47.